The van der Waals surface area contributed by atoms with Gasteiger partial charge in [0.15, 0.2) is 11.3 Å². The molecule has 2 amide bonds. The molecular formula is C36H26F3N5O3. The molecule has 0 bridgehead atoms. The summed E-state index contributed by atoms with van der Waals surface area (Å²) in [6, 6.07) is 22.4. The molecule has 2 aliphatic rings. The van der Waals surface area contributed by atoms with Crippen LogP contribution in [0.15, 0.2) is 91.1 Å². The summed E-state index contributed by atoms with van der Waals surface area (Å²) >= 11 is 0. The zero-order chi connectivity index (χ0) is 32.9. The highest BCUT2D eigenvalue weighted by molar-refractivity contribution is 6.22. The molecular weight excluding hydrogens is 607 g/mol. The quantitative estimate of drug-likeness (QED) is 0.211. The van der Waals surface area contributed by atoms with Gasteiger partial charge in [0, 0.05) is 41.6 Å². The maximum atomic E-state index is 14.3. The van der Waals surface area contributed by atoms with Crippen molar-refractivity contribution in [3.63, 3.8) is 0 Å². The summed E-state index contributed by atoms with van der Waals surface area (Å²) in [6.07, 6.45) is -2.78. The fourth-order valence-corrected chi connectivity index (χ4v) is 7.26. The Hall–Kier alpha value is -5.42. The summed E-state index contributed by atoms with van der Waals surface area (Å²) in [7, 11) is 0. The van der Waals surface area contributed by atoms with Gasteiger partial charge in [-0.05, 0) is 49.2 Å². The number of aromatic nitrogens is 4. The van der Waals surface area contributed by atoms with E-state index in [0.29, 0.717) is 44.6 Å². The lowest BCUT2D eigenvalue weighted by molar-refractivity contribution is -0.137. The zero-order valence-corrected chi connectivity index (χ0v) is 25.2. The van der Waals surface area contributed by atoms with E-state index in [2.05, 4.69) is 10.1 Å². The standard InChI is InChI=1S/C36H26F3N5O3/c1-20-15-29-40-17-22-16-27(24-7-5-6-10-28(24)36(37,38)39)30(41-31(22)44(29)42-20)21-11-13-23(14-12-21)35(18-34(2,47)19-35)43-32(45)25-8-3-4-9-26(25)33(43)46/h3-17,47H,18-19H2,1-2H3/t34-,35+. The molecule has 0 radical (unpaired) electrons. The summed E-state index contributed by atoms with van der Waals surface area (Å²) < 4.78 is 44.4. The Morgan fingerprint density at radius 3 is 2.06 bits per heavy atom. The van der Waals surface area contributed by atoms with Gasteiger partial charge in [0.25, 0.3) is 11.8 Å². The molecule has 3 aromatic carbocycles. The first-order valence-electron chi connectivity index (χ1n) is 15.0. The van der Waals surface area contributed by atoms with Crippen LogP contribution in [-0.4, -0.2) is 47.0 Å². The van der Waals surface area contributed by atoms with E-state index in [1.54, 1.807) is 84.4 Å². The first-order valence-corrected chi connectivity index (χ1v) is 15.0. The number of pyridine rings is 1. The molecule has 11 heteroatoms. The summed E-state index contributed by atoms with van der Waals surface area (Å²) in [5.74, 6) is -0.862. The number of benzene rings is 3. The van der Waals surface area contributed by atoms with E-state index < -0.39 is 34.7 Å². The van der Waals surface area contributed by atoms with Crippen molar-refractivity contribution < 1.29 is 27.9 Å². The van der Waals surface area contributed by atoms with Crippen molar-refractivity contribution in [2.45, 2.75) is 44.0 Å². The Morgan fingerprint density at radius 1 is 0.830 bits per heavy atom. The number of halogens is 3. The van der Waals surface area contributed by atoms with Crippen LogP contribution in [0.1, 0.15) is 57.3 Å². The largest absolute Gasteiger partial charge is 0.417 e. The van der Waals surface area contributed by atoms with Gasteiger partial charge >= 0.3 is 6.18 Å². The van der Waals surface area contributed by atoms with Gasteiger partial charge in [-0.1, -0.05) is 54.6 Å². The number of carbonyl (C=O) groups excluding carboxylic acids is 2. The van der Waals surface area contributed by atoms with Crippen LogP contribution in [0.4, 0.5) is 13.2 Å². The van der Waals surface area contributed by atoms with Crippen molar-refractivity contribution in [2.24, 2.45) is 0 Å². The molecule has 0 saturated heterocycles. The predicted molar refractivity (Wildman–Crippen MR) is 167 cm³/mol. The maximum Gasteiger partial charge on any atom is 0.417 e. The first-order chi connectivity index (χ1) is 22.4. The Bertz CT molecular complexity index is 2250. The van der Waals surface area contributed by atoms with E-state index in [4.69, 9.17) is 4.98 Å². The molecule has 1 fully saturated rings. The number of rotatable bonds is 4. The fraction of sp³-hybridized carbons (Fsp3) is 0.194. The molecule has 47 heavy (non-hydrogen) atoms. The average Bonchev–Trinajstić information content (AvgIpc) is 3.54. The molecule has 8 nitrogen and oxygen atoms in total. The summed E-state index contributed by atoms with van der Waals surface area (Å²) in [5.41, 5.74) is 0.916. The number of carbonyl (C=O) groups is 2. The Balaban J connectivity index is 1.30. The predicted octanol–water partition coefficient (Wildman–Crippen LogP) is 6.98. The van der Waals surface area contributed by atoms with E-state index in [0.717, 1.165) is 6.07 Å². The number of aryl methyl sites for hydroxylation is 1. The molecule has 0 atom stereocenters. The SMILES string of the molecule is Cc1cc2ncc3cc(-c4ccccc4C(F)(F)F)c(-c4ccc([C@]5(N6C(=O)c7ccccc7C6=O)C[C@@](C)(O)C5)cc4)nc3n2n1. The van der Waals surface area contributed by atoms with Crippen LogP contribution in [0.3, 0.4) is 0 Å². The van der Waals surface area contributed by atoms with E-state index in [9.17, 15) is 27.9 Å². The van der Waals surface area contributed by atoms with Crippen molar-refractivity contribution in [1.29, 1.82) is 0 Å². The Morgan fingerprint density at radius 2 is 1.45 bits per heavy atom. The van der Waals surface area contributed by atoms with E-state index in [1.807, 2.05) is 6.92 Å². The van der Waals surface area contributed by atoms with Crippen LogP contribution in [0.2, 0.25) is 0 Å². The number of alkyl halides is 3. The molecule has 1 saturated carbocycles. The minimum Gasteiger partial charge on any atom is -0.390 e. The van der Waals surface area contributed by atoms with Crippen LogP contribution in [-0.2, 0) is 11.7 Å². The minimum absolute atomic E-state index is 0.0391. The molecule has 1 aliphatic heterocycles. The first kappa shape index (κ1) is 29.0. The number of amides is 2. The molecule has 4 heterocycles. The second kappa shape index (κ2) is 9.79. The Labute approximate surface area is 266 Å². The van der Waals surface area contributed by atoms with Gasteiger partial charge in [0.2, 0.25) is 0 Å². The second-order valence-electron chi connectivity index (χ2n) is 12.6. The fourth-order valence-electron chi connectivity index (χ4n) is 7.26. The van der Waals surface area contributed by atoms with Gasteiger partial charge in [-0.15, -0.1) is 0 Å². The van der Waals surface area contributed by atoms with E-state index in [-0.39, 0.29) is 29.7 Å². The number of aliphatic hydroxyl groups is 1. The number of nitrogens with zero attached hydrogens (tertiary/aromatic N) is 5. The van der Waals surface area contributed by atoms with Gasteiger partial charge in [-0.25, -0.2) is 9.97 Å². The molecule has 1 aliphatic carbocycles. The van der Waals surface area contributed by atoms with Crippen molar-refractivity contribution in [1.82, 2.24) is 24.5 Å². The van der Waals surface area contributed by atoms with E-state index >= 15 is 0 Å². The molecule has 234 valence electrons. The highest BCUT2D eigenvalue weighted by Gasteiger charge is 2.60. The lowest BCUT2D eigenvalue weighted by atomic mass is 9.61. The third kappa shape index (κ3) is 4.37. The lowest BCUT2D eigenvalue weighted by Gasteiger charge is -2.55. The van der Waals surface area contributed by atoms with Gasteiger partial charge < -0.3 is 5.11 Å². The maximum absolute atomic E-state index is 14.3. The van der Waals surface area contributed by atoms with Crippen LogP contribution >= 0.6 is 0 Å². The lowest BCUT2D eigenvalue weighted by Crippen LogP contribution is -2.63. The Kier molecular flexibility index (Phi) is 6.04. The molecule has 0 spiro atoms. The smallest absolute Gasteiger partial charge is 0.390 e. The second-order valence-corrected chi connectivity index (χ2v) is 12.6. The third-order valence-electron chi connectivity index (χ3n) is 9.17. The highest BCUT2D eigenvalue weighted by atomic mass is 19.4. The normalized spacial score (nSPS) is 21.0. The minimum atomic E-state index is -4.62. The summed E-state index contributed by atoms with van der Waals surface area (Å²) in [5, 5.41) is 15.9. The van der Waals surface area contributed by atoms with Gasteiger partial charge in [-0.3, -0.25) is 14.5 Å². The number of imide groups is 1. The van der Waals surface area contributed by atoms with Crippen LogP contribution in [0, 0.1) is 6.92 Å². The molecule has 6 aromatic rings. The monoisotopic (exact) mass is 633 g/mol. The molecule has 0 unspecified atom stereocenters. The van der Waals surface area contributed by atoms with Crippen molar-refractivity contribution in [3.05, 3.63) is 119 Å². The number of fused-ring (bicyclic) bond motifs is 4. The van der Waals surface area contributed by atoms with Crippen LogP contribution in [0.25, 0.3) is 39.1 Å². The summed E-state index contributed by atoms with van der Waals surface area (Å²) in [6.45, 7) is 3.48. The molecule has 1 N–H and O–H groups in total. The molecule has 8 rings (SSSR count). The summed E-state index contributed by atoms with van der Waals surface area (Å²) in [4.78, 5) is 37.7. The molecule has 3 aromatic heterocycles. The van der Waals surface area contributed by atoms with Gasteiger partial charge in [0.05, 0.1) is 39.2 Å². The van der Waals surface area contributed by atoms with Crippen LogP contribution < -0.4 is 0 Å². The van der Waals surface area contributed by atoms with Crippen molar-refractivity contribution in [3.8, 4) is 22.4 Å². The van der Waals surface area contributed by atoms with Gasteiger partial charge in [-0.2, -0.15) is 22.8 Å². The zero-order valence-electron chi connectivity index (χ0n) is 25.2. The van der Waals surface area contributed by atoms with Gasteiger partial charge in [0.1, 0.15) is 0 Å². The highest BCUT2D eigenvalue weighted by Crippen LogP contribution is 2.55. The topological polar surface area (TPSA) is 101 Å². The number of hydrogen-bond donors (Lipinski definition) is 1. The van der Waals surface area contributed by atoms with E-state index in [1.165, 1.54) is 17.0 Å². The average molecular weight is 634 g/mol. The van der Waals surface area contributed by atoms with Crippen LogP contribution in [0.5, 0.6) is 0 Å². The van der Waals surface area contributed by atoms with Crippen molar-refractivity contribution in [2.75, 3.05) is 0 Å². The van der Waals surface area contributed by atoms with Crippen molar-refractivity contribution >= 4 is 28.5 Å². The number of hydrogen-bond acceptors (Lipinski definition) is 6. The third-order valence-corrected chi connectivity index (χ3v) is 9.17.